The van der Waals surface area contributed by atoms with Crippen LogP contribution in [0.3, 0.4) is 0 Å². The van der Waals surface area contributed by atoms with Crippen LogP contribution in [0.1, 0.15) is 18.9 Å². The summed E-state index contributed by atoms with van der Waals surface area (Å²) in [5.74, 6) is 0.629. The molecule has 1 heterocycles. The van der Waals surface area contributed by atoms with Gasteiger partial charge >= 0.3 is 0 Å². The Morgan fingerprint density at radius 1 is 1.00 bits per heavy atom. The van der Waals surface area contributed by atoms with E-state index < -0.39 is 0 Å². The smallest absolute Gasteiger partial charge is 0.200 e. The molecule has 0 aliphatic heterocycles. The summed E-state index contributed by atoms with van der Waals surface area (Å²) in [5.41, 5.74) is 2.16. The predicted molar refractivity (Wildman–Crippen MR) is 87.2 cm³/mol. The molecule has 0 radical (unpaired) electrons. The van der Waals surface area contributed by atoms with Gasteiger partial charge in [0.2, 0.25) is 5.43 Å². The molecule has 0 saturated carbocycles. The van der Waals surface area contributed by atoms with Gasteiger partial charge in [-0.3, -0.25) is 4.79 Å². The molecule has 104 valence electrons. The van der Waals surface area contributed by atoms with Gasteiger partial charge in [-0.25, -0.2) is 0 Å². The van der Waals surface area contributed by atoms with Gasteiger partial charge in [0.25, 0.3) is 0 Å². The van der Waals surface area contributed by atoms with E-state index in [-0.39, 0.29) is 5.43 Å². The van der Waals surface area contributed by atoms with Crippen LogP contribution >= 0.6 is 0 Å². The van der Waals surface area contributed by atoms with Crippen molar-refractivity contribution < 1.29 is 4.42 Å². The van der Waals surface area contributed by atoms with Gasteiger partial charge < -0.3 is 4.42 Å². The molecule has 2 heteroatoms. The second-order valence-corrected chi connectivity index (χ2v) is 4.85. The lowest BCUT2D eigenvalue weighted by atomic mass is 10.0. The summed E-state index contributed by atoms with van der Waals surface area (Å²) >= 11 is 0. The maximum absolute atomic E-state index is 12.7. The van der Waals surface area contributed by atoms with E-state index in [1.54, 1.807) is 6.07 Å². The predicted octanol–water partition coefficient (Wildman–Crippen LogP) is 4.88. The molecule has 0 fully saturated rings. The zero-order valence-electron chi connectivity index (χ0n) is 11.9. The number of hydrogen-bond donors (Lipinski definition) is 0. The van der Waals surface area contributed by atoms with Crippen molar-refractivity contribution >= 4 is 17.0 Å². The molecule has 2 nitrogen and oxygen atoms in total. The lowest BCUT2D eigenvalue weighted by molar-refractivity contribution is 0.617. The molecular formula is C19H16O2. The Bertz CT molecular complexity index is 842. The number of allylic oxidation sites excluding steroid dienone is 1. The summed E-state index contributed by atoms with van der Waals surface area (Å²) in [6.45, 7) is 2.04. The van der Waals surface area contributed by atoms with Crippen molar-refractivity contribution in [2.24, 2.45) is 0 Å². The van der Waals surface area contributed by atoms with E-state index in [2.05, 4.69) is 0 Å². The van der Waals surface area contributed by atoms with E-state index in [1.807, 2.05) is 67.6 Å². The first kappa shape index (κ1) is 13.4. The molecule has 0 N–H and O–H groups in total. The zero-order valence-corrected chi connectivity index (χ0v) is 11.9. The molecule has 0 atom stereocenters. The fraction of sp³-hybridized carbons (Fsp3) is 0.105. The molecule has 0 aliphatic rings. The third-order valence-corrected chi connectivity index (χ3v) is 3.39. The van der Waals surface area contributed by atoms with E-state index in [0.717, 1.165) is 12.0 Å². The first-order chi connectivity index (χ1) is 10.3. The first-order valence-corrected chi connectivity index (χ1v) is 7.09. The SMILES string of the molecule is CCC=Cc1c(-c2ccccc2)oc2ccccc2c1=O. The van der Waals surface area contributed by atoms with Crippen LogP contribution in [0.2, 0.25) is 0 Å². The molecule has 0 amide bonds. The van der Waals surface area contributed by atoms with Crippen molar-refractivity contribution in [3.05, 3.63) is 76.5 Å². The van der Waals surface area contributed by atoms with Crippen LogP contribution in [-0.4, -0.2) is 0 Å². The van der Waals surface area contributed by atoms with Gasteiger partial charge in [-0.2, -0.15) is 0 Å². The van der Waals surface area contributed by atoms with Crippen LogP contribution in [0.4, 0.5) is 0 Å². The third-order valence-electron chi connectivity index (χ3n) is 3.39. The van der Waals surface area contributed by atoms with Crippen molar-refractivity contribution in [1.29, 1.82) is 0 Å². The van der Waals surface area contributed by atoms with Gasteiger partial charge in [-0.15, -0.1) is 0 Å². The normalized spacial score (nSPS) is 11.3. The summed E-state index contributed by atoms with van der Waals surface area (Å²) in [6, 6.07) is 17.1. The molecule has 3 rings (SSSR count). The Labute approximate surface area is 123 Å². The Hall–Kier alpha value is -2.61. The molecular weight excluding hydrogens is 260 g/mol. The van der Waals surface area contributed by atoms with Gasteiger partial charge in [0.05, 0.1) is 10.9 Å². The zero-order chi connectivity index (χ0) is 14.7. The van der Waals surface area contributed by atoms with Crippen molar-refractivity contribution in [3.63, 3.8) is 0 Å². The van der Waals surface area contributed by atoms with Crippen LogP contribution in [0, 0.1) is 0 Å². The average Bonchev–Trinajstić information content (AvgIpc) is 2.55. The number of benzene rings is 2. The standard InChI is InChI=1S/C19H16O2/c1-2-3-11-16-18(20)15-12-7-8-13-17(15)21-19(16)14-9-5-4-6-10-14/h3-13H,2H2,1H3. The minimum absolute atomic E-state index is 0.0143. The van der Waals surface area contributed by atoms with E-state index in [4.69, 9.17) is 4.42 Å². The van der Waals surface area contributed by atoms with Crippen molar-refractivity contribution in [2.45, 2.75) is 13.3 Å². The minimum atomic E-state index is 0.0143. The monoisotopic (exact) mass is 276 g/mol. The topological polar surface area (TPSA) is 30.2 Å². The van der Waals surface area contributed by atoms with Gasteiger partial charge in [-0.1, -0.05) is 61.5 Å². The van der Waals surface area contributed by atoms with E-state index in [1.165, 1.54) is 0 Å². The van der Waals surface area contributed by atoms with Crippen LogP contribution in [0.15, 0.2) is 69.9 Å². The second kappa shape index (κ2) is 5.80. The lowest BCUT2D eigenvalue weighted by Gasteiger charge is -2.07. The minimum Gasteiger partial charge on any atom is -0.455 e. The maximum atomic E-state index is 12.7. The first-order valence-electron chi connectivity index (χ1n) is 7.09. The lowest BCUT2D eigenvalue weighted by Crippen LogP contribution is -2.07. The van der Waals surface area contributed by atoms with Crippen molar-refractivity contribution in [1.82, 2.24) is 0 Å². The van der Waals surface area contributed by atoms with Crippen LogP contribution in [-0.2, 0) is 0 Å². The molecule has 0 bridgehead atoms. The van der Waals surface area contributed by atoms with Gasteiger partial charge in [-0.05, 0) is 18.6 Å². The summed E-state index contributed by atoms with van der Waals surface area (Å²) < 4.78 is 6.01. The van der Waals surface area contributed by atoms with Gasteiger partial charge in [0, 0.05) is 5.56 Å². The molecule has 0 spiro atoms. The van der Waals surface area contributed by atoms with Gasteiger partial charge in [0.15, 0.2) is 0 Å². The van der Waals surface area contributed by atoms with E-state index in [9.17, 15) is 4.79 Å². The fourth-order valence-corrected chi connectivity index (χ4v) is 2.35. The molecule has 0 aliphatic carbocycles. The summed E-state index contributed by atoms with van der Waals surface area (Å²) in [5, 5.41) is 0.618. The van der Waals surface area contributed by atoms with Gasteiger partial charge in [0.1, 0.15) is 11.3 Å². The summed E-state index contributed by atoms with van der Waals surface area (Å²) in [6.07, 6.45) is 4.72. The maximum Gasteiger partial charge on any atom is 0.200 e. The highest BCUT2D eigenvalue weighted by atomic mass is 16.3. The third kappa shape index (κ3) is 2.52. The Morgan fingerprint density at radius 2 is 1.71 bits per heavy atom. The number of hydrogen-bond acceptors (Lipinski definition) is 2. The quantitative estimate of drug-likeness (QED) is 0.682. The Kier molecular flexibility index (Phi) is 3.69. The second-order valence-electron chi connectivity index (χ2n) is 4.85. The van der Waals surface area contributed by atoms with Crippen molar-refractivity contribution in [3.8, 4) is 11.3 Å². The molecule has 2 aromatic carbocycles. The Balaban J connectivity index is 2.36. The highest BCUT2D eigenvalue weighted by Crippen LogP contribution is 2.26. The molecule has 0 unspecified atom stereocenters. The van der Waals surface area contributed by atoms with Crippen LogP contribution in [0.5, 0.6) is 0 Å². The molecule has 0 saturated heterocycles. The van der Waals surface area contributed by atoms with E-state index in [0.29, 0.717) is 22.3 Å². The number of rotatable bonds is 3. The van der Waals surface area contributed by atoms with Crippen LogP contribution in [0.25, 0.3) is 28.4 Å². The summed E-state index contributed by atoms with van der Waals surface area (Å²) in [4.78, 5) is 12.7. The molecule has 3 aromatic rings. The molecule has 21 heavy (non-hydrogen) atoms. The highest BCUT2D eigenvalue weighted by Gasteiger charge is 2.13. The number of para-hydroxylation sites is 1. The number of fused-ring (bicyclic) bond motifs is 1. The van der Waals surface area contributed by atoms with Crippen molar-refractivity contribution in [2.75, 3.05) is 0 Å². The largest absolute Gasteiger partial charge is 0.455 e. The Morgan fingerprint density at radius 3 is 2.48 bits per heavy atom. The highest BCUT2D eigenvalue weighted by molar-refractivity contribution is 5.83. The molecule has 1 aromatic heterocycles. The van der Waals surface area contributed by atoms with Crippen LogP contribution < -0.4 is 5.43 Å². The van der Waals surface area contributed by atoms with E-state index >= 15 is 0 Å². The summed E-state index contributed by atoms with van der Waals surface area (Å²) in [7, 11) is 0. The average molecular weight is 276 g/mol. The fourth-order valence-electron chi connectivity index (χ4n) is 2.35.